The first kappa shape index (κ1) is 9.06. The third-order valence-corrected chi connectivity index (χ3v) is 2.07. The van der Waals surface area contributed by atoms with Crippen molar-refractivity contribution in [1.82, 2.24) is 4.98 Å². The standard InChI is InChI=1S/C8H13N3S/c1-6(2)3-4-10-8-11-5-7(9)12-8/h3,5H,4,9H2,1-2H3,(H,10,11). The lowest BCUT2D eigenvalue weighted by Crippen LogP contribution is -1.97. The molecular formula is C8H13N3S. The van der Waals surface area contributed by atoms with E-state index >= 15 is 0 Å². The maximum atomic E-state index is 5.51. The zero-order valence-corrected chi connectivity index (χ0v) is 8.11. The largest absolute Gasteiger partial charge is 0.389 e. The van der Waals surface area contributed by atoms with Crippen LogP contribution in [0.1, 0.15) is 13.8 Å². The van der Waals surface area contributed by atoms with Gasteiger partial charge in [0.2, 0.25) is 0 Å². The van der Waals surface area contributed by atoms with Crippen LogP contribution in [0.15, 0.2) is 17.8 Å². The molecule has 0 spiro atoms. The second-order valence-corrected chi connectivity index (χ2v) is 3.79. The topological polar surface area (TPSA) is 50.9 Å². The van der Waals surface area contributed by atoms with E-state index in [4.69, 9.17) is 5.73 Å². The van der Waals surface area contributed by atoms with Gasteiger partial charge in [-0.2, -0.15) is 0 Å². The molecule has 3 N–H and O–H groups in total. The fraction of sp³-hybridized carbons (Fsp3) is 0.375. The smallest absolute Gasteiger partial charge is 0.184 e. The van der Waals surface area contributed by atoms with Crippen molar-refractivity contribution in [3.05, 3.63) is 17.8 Å². The number of nitrogens with zero attached hydrogens (tertiary/aromatic N) is 1. The Morgan fingerprint density at radius 3 is 3.00 bits per heavy atom. The summed E-state index contributed by atoms with van der Waals surface area (Å²) in [6.45, 7) is 4.95. The Morgan fingerprint density at radius 2 is 2.50 bits per heavy atom. The van der Waals surface area contributed by atoms with E-state index in [1.807, 2.05) is 0 Å². The lowest BCUT2D eigenvalue weighted by atomic mass is 10.3. The molecule has 1 heterocycles. The highest BCUT2D eigenvalue weighted by Crippen LogP contribution is 2.18. The Bertz CT molecular complexity index is 274. The lowest BCUT2D eigenvalue weighted by molar-refractivity contribution is 1.24. The highest BCUT2D eigenvalue weighted by molar-refractivity contribution is 7.19. The minimum absolute atomic E-state index is 0.745. The number of allylic oxidation sites excluding steroid dienone is 1. The van der Waals surface area contributed by atoms with Crippen molar-refractivity contribution in [3.63, 3.8) is 0 Å². The van der Waals surface area contributed by atoms with E-state index in [9.17, 15) is 0 Å². The fourth-order valence-corrected chi connectivity index (χ4v) is 1.30. The van der Waals surface area contributed by atoms with Crippen LogP contribution in [0.5, 0.6) is 0 Å². The molecule has 1 rings (SSSR count). The summed E-state index contributed by atoms with van der Waals surface area (Å²) < 4.78 is 0. The molecule has 3 nitrogen and oxygen atoms in total. The third kappa shape index (κ3) is 2.92. The van der Waals surface area contributed by atoms with E-state index < -0.39 is 0 Å². The summed E-state index contributed by atoms with van der Waals surface area (Å²) in [6, 6.07) is 0. The van der Waals surface area contributed by atoms with Crippen LogP contribution in [-0.4, -0.2) is 11.5 Å². The average molecular weight is 183 g/mol. The molecule has 0 fully saturated rings. The number of nitrogens with two attached hydrogens (primary N) is 1. The van der Waals surface area contributed by atoms with Gasteiger partial charge < -0.3 is 11.1 Å². The van der Waals surface area contributed by atoms with E-state index in [1.54, 1.807) is 6.20 Å². The van der Waals surface area contributed by atoms with Crippen molar-refractivity contribution in [2.45, 2.75) is 13.8 Å². The maximum absolute atomic E-state index is 5.51. The molecule has 0 aliphatic carbocycles. The summed E-state index contributed by atoms with van der Waals surface area (Å²) in [7, 11) is 0. The van der Waals surface area contributed by atoms with Crippen LogP contribution in [0.25, 0.3) is 0 Å². The zero-order valence-electron chi connectivity index (χ0n) is 7.29. The van der Waals surface area contributed by atoms with Crippen molar-refractivity contribution < 1.29 is 0 Å². The van der Waals surface area contributed by atoms with Gasteiger partial charge in [0.05, 0.1) is 6.20 Å². The number of hydrogen-bond acceptors (Lipinski definition) is 4. The average Bonchev–Trinajstić information content (AvgIpc) is 2.35. The summed E-state index contributed by atoms with van der Waals surface area (Å²) >= 11 is 1.47. The van der Waals surface area contributed by atoms with Gasteiger partial charge in [0.1, 0.15) is 5.00 Å². The van der Waals surface area contributed by atoms with Crippen molar-refractivity contribution in [2.24, 2.45) is 0 Å². The van der Waals surface area contributed by atoms with E-state index in [1.165, 1.54) is 16.9 Å². The summed E-state index contributed by atoms with van der Waals surface area (Å²) in [4.78, 5) is 4.07. The van der Waals surface area contributed by atoms with Crippen LogP contribution in [-0.2, 0) is 0 Å². The Kier molecular flexibility index (Phi) is 3.10. The Labute approximate surface area is 76.3 Å². The molecular weight excluding hydrogens is 170 g/mol. The first-order chi connectivity index (χ1) is 5.68. The molecule has 12 heavy (non-hydrogen) atoms. The molecule has 0 aliphatic rings. The number of thiazole rings is 1. The normalized spacial score (nSPS) is 9.50. The van der Waals surface area contributed by atoms with Gasteiger partial charge in [-0.3, -0.25) is 0 Å². The molecule has 1 aromatic heterocycles. The van der Waals surface area contributed by atoms with Crippen molar-refractivity contribution in [1.29, 1.82) is 0 Å². The van der Waals surface area contributed by atoms with Gasteiger partial charge in [0.25, 0.3) is 0 Å². The number of hydrogen-bond donors (Lipinski definition) is 2. The van der Waals surface area contributed by atoms with Gasteiger partial charge in [-0.1, -0.05) is 23.0 Å². The van der Waals surface area contributed by atoms with E-state index in [0.717, 1.165) is 16.7 Å². The highest BCUT2D eigenvalue weighted by atomic mass is 32.1. The first-order valence-electron chi connectivity index (χ1n) is 3.77. The van der Waals surface area contributed by atoms with Gasteiger partial charge in [-0.15, -0.1) is 0 Å². The predicted octanol–water partition coefficient (Wildman–Crippen LogP) is 2.10. The number of nitrogens with one attached hydrogen (secondary N) is 1. The predicted molar refractivity (Wildman–Crippen MR) is 54.4 cm³/mol. The number of nitrogen functional groups attached to an aromatic ring is 1. The van der Waals surface area contributed by atoms with E-state index in [0.29, 0.717) is 0 Å². The minimum Gasteiger partial charge on any atom is -0.389 e. The first-order valence-corrected chi connectivity index (χ1v) is 4.58. The van der Waals surface area contributed by atoms with Crippen LogP contribution in [0, 0.1) is 0 Å². The number of anilines is 2. The van der Waals surface area contributed by atoms with Crippen molar-refractivity contribution in [2.75, 3.05) is 17.6 Å². The molecule has 0 amide bonds. The van der Waals surface area contributed by atoms with Crippen molar-refractivity contribution in [3.8, 4) is 0 Å². The van der Waals surface area contributed by atoms with Gasteiger partial charge in [-0.25, -0.2) is 4.98 Å². The maximum Gasteiger partial charge on any atom is 0.184 e. The third-order valence-electron chi connectivity index (χ3n) is 1.29. The summed E-state index contributed by atoms with van der Waals surface area (Å²) in [5, 5.41) is 4.77. The molecule has 0 radical (unpaired) electrons. The molecule has 0 saturated carbocycles. The van der Waals surface area contributed by atoms with Gasteiger partial charge >= 0.3 is 0 Å². The van der Waals surface area contributed by atoms with Gasteiger partial charge in [-0.05, 0) is 13.8 Å². The monoisotopic (exact) mass is 183 g/mol. The molecule has 0 unspecified atom stereocenters. The van der Waals surface area contributed by atoms with Gasteiger partial charge in [0, 0.05) is 6.54 Å². The van der Waals surface area contributed by atoms with E-state index in [-0.39, 0.29) is 0 Å². The molecule has 0 bridgehead atoms. The number of rotatable bonds is 3. The van der Waals surface area contributed by atoms with Crippen LogP contribution in [0.3, 0.4) is 0 Å². The number of aromatic nitrogens is 1. The van der Waals surface area contributed by atoms with Crippen LogP contribution in [0.4, 0.5) is 10.1 Å². The highest BCUT2D eigenvalue weighted by Gasteiger charge is 1.94. The van der Waals surface area contributed by atoms with Crippen LogP contribution in [0.2, 0.25) is 0 Å². The van der Waals surface area contributed by atoms with E-state index in [2.05, 4.69) is 30.2 Å². The second-order valence-electron chi connectivity index (χ2n) is 2.73. The molecule has 4 heteroatoms. The Morgan fingerprint density at radius 1 is 1.75 bits per heavy atom. The summed E-state index contributed by atoms with van der Waals surface area (Å²) in [5.41, 5.74) is 6.81. The van der Waals surface area contributed by atoms with Gasteiger partial charge in [0.15, 0.2) is 5.13 Å². The molecule has 1 aromatic rings. The summed E-state index contributed by atoms with van der Waals surface area (Å²) in [5.74, 6) is 0. The molecule has 0 saturated heterocycles. The van der Waals surface area contributed by atoms with Crippen LogP contribution >= 0.6 is 11.3 Å². The molecule has 0 aliphatic heterocycles. The van der Waals surface area contributed by atoms with Crippen LogP contribution < -0.4 is 11.1 Å². The molecule has 0 aromatic carbocycles. The fourth-order valence-electron chi connectivity index (χ4n) is 0.711. The second kappa shape index (κ2) is 4.11. The minimum atomic E-state index is 0.745. The lowest BCUT2D eigenvalue weighted by Gasteiger charge is -1.96. The SMILES string of the molecule is CC(C)=CCNc1ncc(N)s1. The quantitative estimate of drug-likeness (QED) is 0.706. The summed E-state index contributed by atoms with van der Waals surface area (Å²) in [6.07, 6.45) is 3.77. The van der Waals surface area contributed by atoms with Crippen molar-refractivity contribution >= 4 is 21.5 Å². The zero-order chi connectivity index (χ0) is 8.97. The molecule has 66 valence electrons. The Hall–Kier alpha value is -1.03. The Balaban J connectivity index is 2.38. The molecule has 0 atom stereocenters.